The van der Waals surface area contributed by atoms with Crippen molar-refractivity contribution in [3.8, 4) is 17.1 Å². The number of carboxylic acid groups (broad SMARTS) is 1. The maximum atomic E-state index is 12.7. The van der Waals surface area contributed by atoms with E-state index in [0.29, 0.717) is 16.6 Å². The molecule has 33 heavy (non-hydrogen) atoms. The number of para-hydroxylation sites is 2. The molecule has 0 saturated heterocycles. The van der Waals surface area contributed by atoms with Crippen LogP contribution < -0.4 is 10.1 Å². The number of anilines is 1. The highest BCUT2D eigenvalue weighted by Crippen LogP contribution is 2.40. The van der Waals surface area contributed by atoms with Crippen molar-refractivity contribution < 1.29 is 33.1 Å². The van der Waals surface area contributed by atoms with Crippen molar-refractivity contribution >= 4 is 56.1 Å². The largest absolute Gasteiger partial charge is 0.478 e. The van der Waals surface area contributed by atoms with Crippen molar-refractivity contribution in [1.29, 1.82) is 0 Å². The first kappa shape index (κ1) is 20.5. The number of hydrogen-bond acceptors (Lipinski definition) is 7. The number of aromatic carboxylic acids is 1. The van der Waals surface area contributed by atoms with Gasteiger partial charge < -0.3 is 24.0 Å². The van der Waals surface area contributed by atoms with E-state index in [4.69, 9.17) is 13.6 Å². The Labute approximate surface area is 190 Å². The standard InChI is InChI=1S/C24H15NO7S/c1-12(26)30-17-8-4-6-14-10-18(32-21(14)17)15-11-33-23(20(15)24(28)29)25-22(27)19-9-13-5-2-3-7-16(13)31-19/h2-11H,1H3,(H,25,27)(H,28,29). The number of carbonyl (C=O) groups excluding carboxylic acids is 2. The zero-order valence-electron chi connectivity index (χ0n) is 17.1. The van der Waals surface area contributed by atoms with Gasteiger partial charge in [-0.1, -0.05) is 30.3 Å². The third-order valence-electron chi connectivity index (χ3n) is 4.91. The van der Waals surface area contributed by atoms with Gasteiger partial charge in [0.1, 0.15) is 21.9 Å². The number of thiophene rings is 1. The SMILES string of the molecule is CC(=O)Oc1cccc2cc(-c3csc(NC(=O)c4cc5ccccc5o4)c3C(=O)O)oc12. The molecule has 1 amide bonds. The molecule has 5 aromatic rings. The summed E-state index contributed by atoms with van der Waals surface area (Å²) >= 11 is 1.05. The van der Waals surface area contributed by atoms with Gasteiger partial charge in [-0.05, 0) is 24.3 Å². The minimum absolute atomic E-state index is 0.0669. The van der Waals surface area contributed by atoms with Gasteiger partial charge >= 0.3 is 11.9 Å². The molecule has 0 atom stereocenters. The minimum Gasteiger partial charge on any atom is -0.478 e. The van der Waals surface area contributed by atoms with Crippen LogP contribution in [0.1, 0.15) is 27.8 Å². The van der Waals surface area contributed by atoms with Crippen molar-refractivity contribution in [3.05, 3.63) is 71.3 Å². The van der Waals surface area contributed by atoms with Crippen LogP contribution in [0.2, 0.25) is 0 Å². The first-order chi connectivity index (χ1) is 15.9. The van der Waals surface area contributed by atoms with Crippen LogP contribution in [0.5, 0.6) is 5.75 Å². The van der Waals surface area contributed by atoms with Crippen LogP contribution in [0.25, 0.3) is 33.3 Å². The van der Waals surface area contributed by atoms with Gasteiger partial charge in [0.2, 0.25) is 0 Å². The van der Waals surface area contributed by atoms with Crippen LogP contribution in [0.3, 0.4) is 0 Å². The molecule has 5 rings (SSSR count). The van der Waals surface area contributed by atoms with Gasteiger partial charge in [-0.2, -0.15) is 0 Å². The highest BCUT2D eigenvalue weighted by Gasteiger charge is 2.25. The van der Waals surface area contributed by atoms with Crippen LogP contribution >= 0.6 is 11.3 Å². The van der Waals surface area contributed by atoms with E-state index in [1.165, 1.54) is 6.92 Å². The first-order valence-electron chi connectivity index (χ1n) is 9.77. The summed E-state index contributed by atoms with van der Waals surface area (Å²) in [6, 6.07) is 15.5. The van der Waals surface area contributed by atoms with E-state index in [1.54, 1.807) is 47.8 Å². The lowest BCUT2D eigenvalue weighted by Gasteiger charge is -2.03. The van der Waals surface area contributed by atoms with Gasteiger partial charge in [0, 0.05) is 28.6 Å². The number of carboxylic acids is 1. The lowest BCUT2D eigenvalue weighted by molar-refractivity contribution is -0.131. The second-order valence-corrected chi connectivity index (χ2v) is 8.02. The maximum absolute atomic E-state index is 12.7. The summed E-state index contributed by atoms with van der Waals surface area (Å²) in [4.78, 5) is 36.2. The number of carbonyl (C=O) groups is 3. The van der Waals surface area contributed by atoms with Crippen molar-refractivity contribution in [2.24, 2.45) is 0 Å². The third-order valence-corrected chi connectivity index (χ3v) is 5.80. The molecule has 9 heteroatoms. The van der Waals surface area contributed by atoms with Crippen molar-refractivity contribution in [2.75, 3.05) is 5.32 Å². The molecule has 8 nitrogen and oxygen atoms in total. The fourth-order valence-corrected chi connectivity index (χ4v) is 4.44. The van der Waals surface area contributed by atoms with Crippen LogP contribution in [0.15, 0.2) is 68.8 Å². The fourth-order valence-electron chi connectivity index (χ4n) is 3.51. The van der Waals surface area contributed by atoms with Crippen LogP contribution in [0.4, 0.5) is 5.00 Å². The molecule has 3 aromatic heterocycles. The Bertz CT molecular complexity index is 1520. The Morgan fingerprint density at radius 3 is 2.55 bits per heavy atom. The topological polar surface area (TPSA) is 119 Å². The average molecular weight is 461 g/mol. The summed E-state index contributed by atoms with van der Waals surface area (Å²) in [6.07, 6.45) is 0. The van der Waals surface area contributed by atoms with E-state index in [0.717, 1.165) is 16.7 Å². The molecule has 2 N–H and O–H groups in total. The van der Waals surface area contributed by atoms with Gasteiger partial charge in [-0.25, -0.2) is 4.79 Å². The lowest BCUT2D eigenvalue weighted by Crippen LogP contribution is -2.12. The molecule has 0 aliphatic rings. The predicted octanol–water partition coefficient (Wildman–Crippen LogP) is 5.78. The number of esters is 1. The Hall–Kier alpha value is -4.37. The normalized spacial score (nSPS) is 11.1. The lowest BCUT2D eigenvalue weighted by atomic mass is 10.1. The Kier molecular flexibility index (Phi) is 4.95. The van der Waals surface area contributed by atoms with E-state index in [-0.39, 0.29) is 33.4 Å². The Morgan fingerprint density at radius 1 is 1.00 bits per heavy atom. The molecule has 0 unspecified atom stereocenters. The number of ether oxygens (including phenoxy) is 1. The van der Waals surface area contributed by atoms with Gasteiger partial charge in [0.15, 0.2) is 17.1 Å². The summed E-state index contributed by atoms with van der Waals surface area (Å²) in [6.45, 7) is 1.28. The molecular weight excluding hydrogens is 446 g/mol. The van der Waals surface area contributed by atoms with Gasteiger partial charge in [-0.15, -0.1) is 11.3 Å². The molecule has 0 radical (unpaired) electrons. The average Bonchev–Trinajstić information content (AvgIpc) is 3.49. The van der Waals surface area contributed by atoms with E-state index in [1.807, 2.05) is 12.1 Å². The molecule has 0 fully saturated rings. The quantitative estimate of drug-likeness (QED) is 0.251. The van der Waals surface area contributed by atoms with Gasteiger partial charge in [0.05, 0.1) is 0 Å². The molecule has 0 spiro atoms. The zero-order valence-corrected chi connectivity index (χ0v) is 17.9. The van der Waals surface area contributed by atoms with Crippen LogP contribution in [0, 0.1) is 0 Å². The molecule has 0 bridgehead atoms. The summed E-state index contributed by atoms with van der Waals surface area (Å²) < 4.78 is 16.6. The number of furan rings is 2. The molecular formula is C24H15NO7S. The highest BCUT2D eigenvalue weighted by molar-refractivity contribution is 7.15. The summed E-state index contributed by atoms with van der Waals surface area (Å²) in [7, 11) is 0. The van der Waals surface area contributed by atoms with Gasteiger partial charge in [-0.3, -0.25) is 9.59 Å². The van der Waals surface area contributed by atoms with Crippen LogP contribution in [-0.4, -0.2) is 23.0 Å². The van der Waals surface area contributed by atoms with E-state index in [9.17, 15) is 19.5 Å². The second kappa shape index (κ2) is 7.95. The zero-order chi connectivity index (χ0) is 23.1. The maximum Gasteiger partial charge on any atom is 0.339 e. The van der Waals surface area contributed by atoms with Crippen molar-refractivity contribution in [2.45, 2.75) is 6.92 Å². The second-order valence-electron chi connectivity index (χ2n) is 7.14. The van der Waals surface area contributed by atoms with Crippen LogP contribution in [-0.2, 0) is 4.79 Å². The predicted molar refractivity (Wildman–Crippen MR) is 122 cm³/mol. The summed E-state index contributed by atoms with van der Waals surface area (Å²) in [5.74, 6) is -1.73. The number of benzene rings is 2. The summed E-state index contributed by atoms with van der Waals surface area (Å²) in [5.41, 5.74) is 1.05. The molecule has 2 aromatic carbocycles. The minimum atomic E-state index is -1.23. The number of fused-ring (bicyclic) bond motifs is 2. The van der Waals surface area contributed by atoms with E-state index in [2.05, 4.69) is 5.32 Å². The van der Waals surface area contributed by atoms with E-state index < -0.39 is 17.8 Å². The number of hydrogen-bond donors (Lipinski definition) is 2. The molecule has 0 aliphatic carbocycles. The smallest absolute Gasteiger partial charge is 0.339 e. The highest BCUT2D eigenvalue weighted by atomic mass is 32.1. The molecule has 164 valence electrons. The Morgan fingerprint density at radius 2 is 1.79 bits per heavy atom. The molecule has 3 heterocycles. The number of rotatable bonds is 5. The molecule has 0 saturated carbocycles. The monoisotopic (exact) mass is 461 g/mol. The van der Waals surface area contributed by atoms with Crippen molar-refractivity contribution in [3.63, 3.8) is 0 Å². The number of nitrogens with one attached hydrogen (secondary N) is 1. The molecule has 0 aliphatic heterocycles. The van der Waals surface area contributed by atoms with E-state index >= 15 is 0 Å². The fraction of sp³-hybridized carbons (Fsp3) is 0.0417. The third kappa shape index (κ3) is 3.74. The number of amides is 1. The Balaban J connectivity index is 1.51. The van der Waals surface area contributed by atoms with Gasteiger partial charge in [0.25, 0.3) is 5.91 Å². The first-order valence-corrected chi connectivity index (χ1v) is 10.6. The summed E-state index contributed by atoms with van der Waals surface area (Å²) in [5, 5.41) is 15.6. The van der Waals surface area contributed by atoms with Crippen molar-refractivity contribution in [1.82, 2.24) is 0 Å².